The van der Waals surface area contributed by atoms with Gasteiger partial charge in [-0.2, -0.15) is 0 Å². The summed E-state index contributed by atoms with van der Waals surface area (Å²) in [6.07, 6.45) is 4.48. The number of benzene rings is 1. The van der Waals surface area contributed by atoms with E-state index in [-0.39, 0.29) is 11.7 Å². The number of halogens is 1. The fourth-order valence-corrected chi connectivity index (χ4v) is 4.60. The van der Waals surface area contributed by atoms with Crippen LogP contribution in [0.15, 0.2) is 42.9 Å². The number of rotatable bonds is 2. The number of ether oxygens (including phenoxy) is 3. The zero-order valence-electron chi connectivity index (χ0n) is 16.8. The number of methoxy groups -OCH3 is 1. The largest absolute Gasteiger partial charge is 0.494 e. The highest BCUT2D eigenvalue weighted by Crippen LogP contribution is 2.41. The highest BCUT2D eigenvalue weighted by atomic mass is 19.1. The molecule has 6 rings (SSSR count). The zero-order valence-corrected chi connectivity index (χ0v) is 16.8. The van der Waals surface area contributed by atoms with E-state index in [0.29, 0.717) is 54.5 Å². The van der Waals surface area contributed by atoms with Crippen LogP contribution in [0, 0.1) is 5.82 Å². The SMILES string of the molecule is COc1cccnc1-c1cc2c(n3cnnc13)CCc1c(F)ccc3c1[C@H](CO3)CO2. The molecule has 0 bridgehead atoms. The lowest BCUT2D eigenvalue weighted by Crippen LogP contribution is -2.13. The molecule has 0 radical (unpaired) electrons. The van der Waals surface area contributed by atoms with Gasteiger partial charge < -0.3 is 14.2 Å². The minimum atomic E-state index is -0.201. The van der Waals surface area contributed by atoms with E-state index < -0.39 is 0 Å². The highest BCUT2D eigenvalue weighted by Gasteiger charge is 2.32. The third kappa shape index (κ3) is 2.74. The summed E-state index contributed by atoms with van der Waals surface area (Å²) in [5.74, 6) is 1.88. The number of fused-ring (bicyclic) bond motifs is 3. The molecule has 0 unspecified atom stereocenters. The van der Waals surface area contributed by atoms with E-state index in [9.17, 15) is 4.39 Å². The van der Waals surface area contributed by atoms with Gasteiger partial charge in [-0.25, -0.2) is 4.39 Å². The predicted octanol–water partition coefficient (Wildman–Crippen LogP) is 3.59. The van der Waals surface area contributed by atoms with Crippen molar-refractivity contribution in [2.75, 3.05) is 20.3 Å². The van der Waals surface area contributed by atoms with Gasteiger partial charge in [0.1, 0.15) is 35.1 Å². The standard InChI is InChI=1S/C23H19FN4O3/c1-29-19-3-2-8-25-22(19)15-9-20-17(28-12-26-27-23(15)28)6-4-14-16(24)5-7-18-21(14)13(10-30-18)11-31-20/h2-3,5,7-9,12-13H,4,6,10-11H2,1H3/t13-/m1/s1. The molecule has 4 aromatic rings. The molecule has 1 aromatic carbocycles. The molecular formula is C23H19FN4O3. The van der Waals surface area contributed by atoms with Gasteiger partial charge in [0.25, 0.3) is 0 Å². The summed E-state index contributed by atoms with van der Waals surface area (Å²) in [6.45, 7) is 0.875. The van der Waals surface area contributed by atoms with Crippen LogP contribution in [0.4, 0.5) is 4.39 Å². The van der Waals surface area contributed by atoms with Crippen LogP contribution in [0.1, 0.15) is 22.7 Å². The predicted molar refractivity (Wildman–Crippen MR) is 110 cm³/mol. The summed E-state index contributed by atoms with van der Waals surface area (Å²) in [6, 6.07) is 8.81. The molecule has 1 atom stereocenters. The lowest BCUT2D eigenvalue weighted by molar-refractivity contribution is 0.246. The Hall–Kier alpha value is -3.68. The average molecular weight is 418 g/mol. The molecular weight excluding hydrogens is 399 g/mol. The van der Waals surface area contributed by atoms with E-state index in [0.717, 1.165) is 22.6 Å². The van der Waals surface area contributed by atoms with Gasteiger partial charge in [0.15, 0.2) is 5.65 Å². The summed E-state index contributed by atoms with van der Waals surface area (Å²) < 4.78 is 34.3. The van der Waals surface area contributed by atoms with Gasteiger partial charge in [0.2, 0.25) is 0 Å². The lowest BCUT2D eigenvalue weighted by atomic mass is 9.93. The number of aromatic nitrogens is 4. The van der Waals surface area contributed by atoms with Gasteiger partial charge in [0.05, 0.1) is 37.5 Å². The van der Waals surface area contributed by atoms with E-state index in [1.165, 1.54) is 6.07 Å². The summed E-state index contributed by atoms with van der Waals surface area (Å²) in [7, 11) is 1.61. The minimum absolute atomic E-state index is 0.0175. The fourth-order valence-electron chi connectivity index (χ4n) is 4.60. The summed E-state index contributed by atoms with van der Waals surface area (Å²) >= 11 is 0. The fraction of sp³-hybridized carbons (Fsp3) is 0.261. The maximum atomic E-state index is 14.7. The molecule has 5 heterocycles. The second kappa shape index (κ2) is 6.94. The van der Waals surface area contributed by atoms with Crippen LogP contribution in [0.5, 0.6) is 17.2 Å². The Morgan fingerprint density at radius 1 is 1.13 bits per heavy atom. The maximum Gasteiger partial charge on any atom is 0.170 e. The normalized spacial score (nSPS) is 17.0. The van der Waals surface area contributed by atoms with Crippen molar-refractivity contribution in [2.45, 2.75) is 18.8 Å². The second-order valence-electron chi connectivity index (χ2n) is 7.70. The Labute approximate surface area is 177 Å². The van der Waals surface area contributed by atoms with Gasteiger partial charge in [-0.3, -0.25) is 9.38 Å². The minimum Gasteiger partial charge on any atom is -0.494 e. The van der Waals surface area contributed by atoms with Crippen molar-refractivity contribution in [3.63, 3.8) is 0 Å². The molecule has 0 amide bonds. The van der Waals surface area contributed by atoms with Gasteiger partial charge in [-0.05, 0) is 48.7 Å². The molecule has 0 N–H and O–H groups in total. The van der Waals surface area contributed by atoms with Gasteiger partial charge in [-0.15, -0.1) is 10.2 Å². The Bertz CT molecular complexity index is 1320. The van der Waals surface area contributed by atoms with Crippen molar-refractivity contribution < 1.29 is 18.6 Å². The number of hydrogen-bond donors (Lipinski definition) is 0. The van der Waals surface area contributed by atoms with Crippen LogP contribution < -0.4 is 14.2 Å². The molecule has 0 fully saturated rings. The first-order chi connectivity index (χ1) is 15.2. The smallest absolute Gasteiger partial charge is 0.170 e. The van der Waals surface area contributed by atoms with E-state index in [2.05, 4.69) is 15.2 Å². The molecule has 2 aliphatic heterocycles. The van der Waals surface area contributed by atoms with Crippen LogP contribution in [0.2, 0.25) is 0 Å². The van der Waals surface area contributed by atoms with Crippen molar-refractivity contribution in [1.82, 2.24) is 19.6 Å². The van der Waals surface area contributed by atoms with Crippen molar-refractivity contribution in [3.8, 4) is 28.5 Å². The first-order valence-electron chi connectivity index (χ1n) is 10.2. The molecule has 2 aliphatic rings. The molecule has 31 heavy (non-hydrogen) atoms. The molecule has 156 valence electrons. The summed E-state index contributed by atoms with van der Waals surface area (Å²) in [5.41, 5.74) is 4.61. The zero-order chi connectivity index (χ0) is 20.9. The third-order valence-electron chi connectivity index (χ3n) is 6.05. The highest BCUT2D eigenvalue weighted by molar-refractivity contribution is 5.80. The Morgan fingerprint density at radius 3 is 2.87 bits per heavy atom. The Balaban J connectivity index is 1.53. The van der Waals surface area contributed by atoms with Gasteiger partial charge >= 0.3 is 0 Å². The topological polar surface area (TPSA) is 70.8 Å². The second-order valence-corrected chi connectivity index (χ2v) is 7.70. The van der Waals surface area contributed by atoms with Gasteiger partial charge in [-0.1, -0.05) is 0 Å². The number of pyridine rings is 2. The van der Waals surface area contributed by atoms with Crippen LogP contribution in [0.25, 0.3) is 16.9 Å². The first kappa shape index (κ1) is 18.1. The molecule has 0 saturated carbocycles. The molecule has 0 aliphatic carbocycles. The Morgan fingerprint density at radius 2 is 2.00 bits per heavy atom. The lowest BCUT2D eigenvalue weighted by Gasteiger charge is -2.16. The van der Waals surface area contributed by atoms with Crippen LogP contribution in [-0.4, -0.2) is 39.9 Å². The van der Waals surface area contributed by atoms with Crippen LogP contribution in [-0.2, 0) is 12.8 Å². The number of nitrogens with zero attached hydrogens (tertiary/aromatic N) is 4. The van der Waals surface area contributed by atoms with E-state index >= 15 is 0 Å². The quantitative estimate of drug-likeness (QED) is 0.496. The first-order valence-corrected chi connectivity index (χ1v) is 10.2. The molecule has 0 saturated heterocycles. The molecule has 0 spiro atoms. The molecule has 3 aromatic heterocycles. The third-order valence-corrected chi connectivity index (χ3v) is 6.05. The number of aryl methyl sites for hydroxylation is 1. The van der Waals surface area contributed by atoms with Crippen molar-refractivity contribution >= 4 is 5.65 Å². The van der Waals surface area contributed by atoms with E-state index in [1.807, 2.05) is 22.6 Å². The average Bonchev–Trinajstić information content (AvgIpc) is 3.45. The van der Waals surface area contributed by atoms with Crippen molar-refractivity contribution in [2.24, 2.45) is 0 Å². The number of hydrogen-bond acceptors (Lipinski definition) is 6. The van der Waals surface area contributed by atoms with Crippen molar-refractivity contribution in [3.05, 3.63) is 65.5 Å². The maximum absolute atomic E-state index is 14.7. The summed E-state index contributed by atoms with van der Waals surface area (Å²) in [5, 5.41) is 8.45. The Kier molecular flexibility index (Phi) is 4.05. The molecule has 7 nitrogen and oxygen atoms in total. The molecule has 8 heteroatoms. The van der Waals surface area contributed by atoms with Crippen molar-refractivity contribution in [1.29, 1.82) is 0 Å². The van der Waals surface area contributed by atoms with Crippen LogP contribution >= 0.6 is 0 Å². The monoisotopic (exact) mass is 418 g/mol. The summed E-state index contributed by atoms with van der Waals surface area (Å²) in [4.78, 5) is 4.51. The van der Waals surface area contributed by atoms with E-state index in [4.69, 9.17) is 14.2 Å². The van der Waals surface area contributed by atoms with E-state index in [1.54, 1.807) is 25.7 Å². The van der Waals surface area contributed by atoms with Gasteiger partial charge in [0, 0.05) is 11.8 Å². The van der Waals surface area contributed by atoms with Crippen LogP contribution in [0.3, 0.4) is 0 Å².